The van der Waals surface area contributed by atoms with Crippen molar-refractivity contribution < 1.29 is 17.3 Å². The standard InChI is InChI=1S/C27H29N5O2.ClH/c1-29-25-24(26(33)30(2)27(29)34)32(21-28-25)20-19-31(17-9-15-22-11-5-3-6-12-22)18-10-16-23-13-7-4-8-14-23;/h3-16,21H,17-20H2,1-2H3;1H/b15-9+,16-10+;. The van der Waals surface area contributed by atoms with Crippen LogP contribution in [-0.2, 0) is 20.6 Å². The van der Waals surface area contributed by atoms with Gasteiger partial charge in [0.1, 0.15) is 0 Å². The first-order valence-electron chi connectivity index (χ1n) is 11.4. The Morgan fingerprint density at radius 1 is 0.829 bits per heavy atom. The molecule has 0 fully saturated rings. The van der Waals surface area contributed by atoms with Gasteiger partial charge in [0.2, 0.25) is 0 Å². The minimum atomic E-state index is -0.368. The van der Waals surface area contributed by atoms with Crippen LogP contribution in [0.1, 0.15) is 11.1 Å². The third-order valence-corrected chi connectivity index (χ3v) is 5.96. The molecule has 1 N–H and O–H groups in total. The molecule has 2 aromatic carbocycles. The lowest BCUT2D eigenvalue weighted by Gasteiger charge is -2.17. The lowest BCUT2D eigenvalue weighted by atomic mass is 10.2. The number of imidazole rings is 1. The highest BCUT2D eigenvalue weighted by Crippen LogP contribution is 2.05. The molecule has 0 atom stereocenters. The number of aryl methyl sites for hydroxylation is 1. The molecule has 0 amide bonds. The van der Waals surface area contributed by atoms with E-state index >= 15 is 0 Å². The summed E-state index contributed by atoms with van der Waals surface area (Å²) in [5.74, 6) is 0. The number of quaternary nitrogens is 1. The Labute approximate surface area is 210 Å². The van der Waals surface area contributed by atoms with E-state index in [-0.39, 0.29) is 23.7 Å². The molecule has 0 radical (unpaired) electrons. The van der Waals surface area contributed by atoms with E-state index in [0.717, 1.165) is 24.2 Å². The van der Waals surface area contributed by atoms with Crippen molar-refractivity contribution in [3.05, 3.63) is 111 Å². The number of benzene rings is 2. The van der Waals surface area contributed by atoms with Crippen molar-refractivity contribution in [1.82, 2.24) is 18.7 Å². The van der Waals surface area contributed by atoms with Crippen LogP contribution < -0.4 is 28.6 Å². The Balaban J connectivity index is 0.00000342. The Bertz CT molecular complexity index is 1370. The molecule has 0 saturated carbocycles. The zero-order chi connectivity index (χ0) is 23.9. The van der Waals surface area contributed by atoms with E-state index in [2.05, 4.69) is 53.6 Å². The second-order valence-corrected chi connectivity index (χ2v) is 8.35. The van der Waals surface area contributed by atoms with Crippen LogP contribution in [0.3, 0.4) is 0 Å². The van der Waals surface area contributed by atoms with Crippen LogP contribution in [0.25, 0.3) is 23.3 Å². The van der Waals surface area contributed by atoms with Gasteiger partial charge < -0.3 is 21.9 Å². The SMILES string of the molecule is Cn1c(=O)c2c(ncn2CC[NH+](C/C=C/c2ccccc2)C/C=C/c2ccccc2)n(C)c1=O.[Cl-]. The number of hydrogen-bond donors (Lipinski definition) is 1. The molecule has 0 unspecified atom stereocenters. The fraction of sp³-hybridized carbons (Fsp3) is 0.222. The van der Waals surface area contributed by atoms with Gasteiger partial charge >= 0.3 is 5.69 Å². The summed E-state index contributed by atoms with van der Waals surface area (Å²) in [4.78, 5) is 30.6. The summed E-state index contributed by atoms with van der Waals surface area (Å²) in [6.07, 6.45) is 10.3. The second kappa shape index (κ2) is 12.1. The first-order valence-corrected chi connectivity index (χ1v) is 11.4. The Kier molecular flexibility index (Phi) is 9.00. The molecular formula is C27H30ClN5O2. The van der Waals surface area contributed by atoms with Crippen LogP contribution >= 0.6 is 0 Å². The summed E-state index contributed by atoms with van der Waals surface area (Å²) in [6, 6.07) is 20.5. The summed E-state index contributed by atoms with van der Waals surface area (Å²) in [7, 11) is 3.14. The molecule has 0 saturated heterocycles. The van der Waals surface area contributed by atoms with Crippen LogP contribution in [0.4, 0.5) is 0 Å². The van der Waals surface area contributed by atoms with Crippen molar-refractivity contribution in [2.24, 2.45) is 14.1 Å². The van der Waals surface area contributed by atoms with Crippen LogP contribution in [0.15, 0.2) is 88.7 Å². The van der Waals surface area contributed by atoms with E-state index in [0.29, 0.717) is 17.7 Å². The predicted octanol–water partition coefficient (Wildman–Crippen LogP) is -1.25. The van der Waals surface area contributed by atoms with Crippen molar-refractivity contribution in [2.75, 3.05) is 19.6 Å². The van der Waals surface area contributed by atoms with Crippen molar-refractivity contribution >= 4 is 23.3 Å². The van der Waals surface area contributed by atoms with Gasteiger partial charge in [-0.1, -0.05) is 72.8 Å². The largest absolute Gasteiger partial charge is 1.00 e. The molecule has 4 rings (SSSR count). The number of halogens is 1. The van der Waals surface area contributed by atoms with Gasteiger partial charge in [0.15, 0.2) is 11.2 Å². The van der Waals surface area contributed by atoms with E-state index in [1.807, 2.05) is 41.0 Å². The molecule has 0 aliphatic carbocycles. The van der Waals surface area contributed by atoms with Gasteiger partial charge in [-0.3, -0.25) is 13.9 Å². The maximum atomic E-state index is 12.7. The number of nitrogens with one attached hydrogen (secondary N) is 1. The second-order valence-electron chi connectivity index (χ2n) is 8.35. The third kappa shape index (κ3) is 6.26. The Morgan fingerprint density at radius 3 is 1.91 bits per heavy atom. The van der Waals surface area contributed by atoms with Crippen LogP contribution in [0.2, 0.25) is 0 Å². The van der Waals surface area contributed by atoms with E-state index in [4.69, 9.17) is 0 Å². The minimum Gasteiger partial charge on any atom is -1.00 e. The minimum absolute atomic E-state index is 0. The lowest BCUT2D eigenvalue weighted by Crippen LogP contribution is -3.12. The van der Waals surface area contributed by atoms with Gasteiger partial charge in [-0.05, 0) is 23.3 Å². The molecule has 0 aliphatic rings. The van der Waals surface area contributed by atoms with Crippen molar-refractivity contribution in [3.8, 4) is 0 Å². The summed E-state index contributed by atoms with van der Waals surface area (Å²) < 4.78 is 4.41. The fourth-order valence-corrected chi connectivity index (χ4v) is 3.98. The molecule has 182 valence electrons. The van der Waals surface area contributed by atoms with Crippen molar-refractivity contribution in [2.45, 2.75) is 6.54 Å². The third-order valence-electron chi connectivity index (χ3n) is 5.96. The molecule has 0 bridgehead atoms. The molecule has 2 heterocycles. The number of hydrogen-bond acceptors (Lipinski definition) is 3. The van der Waals surface area contributed by atoms with Crippen molar-refractivity contribution in [1.29, 1.82) is 0 Å². The maximum Gasteiger partial charge on any atom is 0.332 e. The molecule has 2 aromatic heterocycles. The van der Waals surface area contributed by atoms with E-state index < -0.39 is 0 Å². The average Bonchev–Trinajstić information content (AvgIpc) is 3.30. The molecule has 4 aromatic rings. The van der Waals surface area contributed by atoms with Gasteiger partial charge in [-0.2, -0.15) is 0 Å². The quantitative estimate of drug-likeness (QED) is 0.318. The molecule has 8 heteroatoms. The average molecular weight is 492 g/mol. The first kappa shape index (κ1) is 25.9. The van der Waals surface area contributed by atoms with Gasteiger partial charge in [0.05, 0.1) is 32.5 Å². The van der Waals surface area contributed by atoms with Gasteiger partial charge in [0.25, 0.3) is 5.56 Å². The maximum absolute atomic E-state index is 12.7. The number of aromatic nitrogens is 4. The predicted molar refractivity (Wildman–Crippen MR) is 137 cm³/mol. The highest BCUT2D eigenvalue weighted by molar-refractivity contribution is 5.69. The summed E-state index contributed by atoms with van der Waals surface area (Å²) in [6.45, 7) is 3.11. The van der Waals surface area contributed by atoms with E-state index in [1.165, 1.54) is 27.6 Å². The van der Waals surface area contributed by atoms with E-state index in [9.17, 15) is 9.59 Å². The number of fused-ring (bicyclic) bond motifs is 1. The molecule has 35 heavy (non-hydrogen) atoms. The van der Waals surface area contributed by atoms with Gasteiger partial charge in [0, 0.05) is 14.1 Å². The molecular weight excluding hydrogens is 462 g/mol. The zero-order valence-corrected chi connectivity index (χ0v) is 20.7. The van der Waals surface area contributed by atoms with Crippen LogP contribution in [-0.4, -0.2) is 38.3 Å². The smallest absolute Gasteiger partial charge is 0.332 e. The number of nitrogens with zero attached hydrogens (tertiary/aromatic N) is 4. The molecule has 7 nitrogen and oxygen atoms in total. The fourth-order valence-electron chi connectivity index (χ4n) is 3.98. The number of rotatable bonds is 9. The highest BCUT2D eigenvalue weighted by Gasteiger charge is 2.15. The lowest BCUT2D eigenvalue weighted by molar-refractivity contribution is -0.888. The van der Waals surface area contributed by atoms with Crippen molar-refractivity contribution in [3.63, 3.8) is 0 Å². The normalized spacial score (nSPS) is 11.6. The Morgan fingerprint density at radius 2 is 1.37 bits per heavy atom. The van der Waals surface area contributed by atoms with Gasteiger partial charge in [-0.15, -0.1) is 0 Å². The topological polar surface area (TPSA) is 66.3 Å². The monoisotopic (exact) mass is 491 g/mol. The molecule has 0 aliphatic heterocycles. The summed E-state index contributed by atoms with van der Waals surface area (Å²) in [5.41, 5.74) is 2.54. The first-order chi connectivity index (χ1) is 16.5. The highest BCUT2D eigenvalue weighted by atomic mass is 35.5. The molecule has 0 spiro atoms. The van der Waals surface area contributed by atoms with Crippen LogP contribution in [0, 0.1) is 0 Å². The van der Waals surface area contributed by atoms with Crippen LogP contribution in [0.5, 0.6) is 0 Å². The van der Waals surface area contributed by atoms with E-state index in [1.54, 1.807) is 13.4 Å². The van der Waals surface area contributed by atoms with Gasteiger partial charge in [-0.25, -0.2) is 9.78 Å². The summed E-state index contributed by atoms with van der Waals surface area (Å²) >= 11 is 0. The Hall–Kier alpha value is -3.68. The summed E-state index contributed by atoms with van der Waals surface area (Å²) in [5, 5.41) is 0. The zero-order valence-electron chi connectivity index (χ0n) is 20.0.